The fourth-order valence-corrected chi connectivity index (χ4v) is 6.87. The van der Waals surface area contributed by atoms with Crippen molar-refractivity contribution in [2.24, 2.45) is 10.6 Å². The van der Waals surface area contributed by atoms with E-state index >= 15 is 0 Å². The summed E-state index contributed by atoms with van der Waals surface area (Å²) in [6.45, 7) is 0.330. The molecule has 8 nitrogen and oxygen atoms in total. The van der Waals surface area contributed by atoms with Crippen LogP contribution in [0.2, 0.25) is 0 Å². The van der Waals surface area contributed by atoms with Crippen molar-refractivity contribution >= 4 is 34.0 Å². The van der Waals surface area contributed by atoms with E-state index in [2.05, 4.69) is 15.4 Å². The fraction of sp³-hybridized carbons (Fsp3) is 0.407. The number of aromatic nitrogens is 1. The lowest BCUT2D eigenvalue weighted by Gasteiger charge is -2.24. The van der Waals surface area contributed by atoms with Gasteiger partial charge in [-0.25, -0.2) is 9.35 Å². The number of aliphatic carboxylic acids is 1. The van der Waals surface area contributed by atoms with E-state index in [-0.39, 0.29) is 5.92 Å². The maximum atomic E-state index is 12.7. The number of rotatable bonds is 5. The number of nitrogens with zero attached hydrogens (tertiary/aromatic N) is 1. The summed E-state index contributed by atoms with van der Waals surface area (Å²) >= 11 is -1.97. The van der Waals surface area contributed by atoms with Crippen molar-refractivity contribution in [3.8, 4) is 17.0 Å². The van der Waals surface area contributed by atoms with Crippen molar-refractivity contribution in [2.45, 2.75) is 56.9 Å². The Labute approximate surface area is 211 Å². The molecule has 2 saturated carbocycles. The third-order valence-electron chi connectivity index (χ3n) is 8.40. The van der Waals surface area contributed by atoms with Crippen LogP contribution in [-0.4, -0.2) is 32.9 Å². The molecule has 3 unspecified atom stereocenters. The Morgan fingerprint density at radius 2 is 1.94 bits per heavy atom. The highest BCUT2D eigenvalue weighted by atomic mass is 32.2. The number of carboxylic acids is 1. The van der Waals surface area contributed by atoms with Crippen LogP contribution in [-0.2, 0) is 22.5 Å². The Morgan fingerprint density at radius 3 is 2.64 bits per heavy atom. The maximum absolute atomic E-state index is 12.7. The molecule has 0 saturated heterocycles. The Hall–Kier alpha value is -3.17. The highest BCUT2D eigenvalue weighted by Gasteiger charge is 2.63. The molecule has 1 aliphatic heterocycles. The molecule has 188 valence electrons. The zero-order chi connectivity index (χ0) is 25.2. The van der Waals surface area contributed by atoms with Gasteiger partial charge in [0.1, 0.15) is 5.75 Å². The van der Waals surface area contributed by atoms with Crippen LogP contribution in [0.1, 0.15) is 71.8 Å². The summed E-state index contributed by atoms with van der Waals surface area (Å²) in [6.07, 6.45) is 6.28. The Morgan fingerprint density at radius 1 is 1.17 bits per heavy atom. The van der Waals surface area contributed by atoms with Gasteiger partial charge in [-0.2, -0.15) is 0 Å². The number of nitrogens with one attached hydrogen (secondary N) is 1. The number of benzene rings is 2. The number of carbonyl (C=O) groups excluding carboxylic acids is 1. The van der Waals surface area contributed by atoms with Gasteiger partial charge in [0.2, 0.25) is 0 Å². The first-order valence-electron chi connectivity index (χ1n) is 12.4. The zero-order valence-electron chi connectivity index (χ0n) is 20.1. The SMILES string of the molecule is COc1ccc2c(c1)C1CC1(C(=O)O)Cn1c-2c(C2CCCCC2)c2ccc(C(=O)NS(N)=O)cc21. The molecule has 9 heteroatoms. The zero-order valence-corrected chi connectivity index (χ0v) is 20.9. The lowest BCUT2D eigenvalue weighted by atomic mass is 9.81. The standard InChI is InChI=1S/C27H29N3O5S/c1-35-17-8-10-18-20(12-17)21-13-27(21,26(32)33)14-30-22-11-16(25(31)29-36(28)34)7-9-19(22)23(24(18)30)15-5-3-2-4-6-15/h7-12,15,21H,2-6,13-14,28H2,1H3,(H,29,31)(H,32,33). The predicted molar refractivity (Wildman–Crippen MR) is 137 cm³/mol. The van der Waals surface area contributed by atoms with E-state index in [0.717, 1.165) is 59.2 Å². The first kappa shape index (κ1) is 23.2. The summed E-state index contributed by atoms with van der Waals surface area (Å²) in [4.78, 5) is 25.3. The summed E-state index contributed by atoms with van der Waals surface area (Å²) in [5.41, 5.74) is 4.64. The second-order valence-electron chi connectivity index (χ2n) is 10.3. The van der Waals surface area contributed by atoms with Gasteiger partial charge in [0.25, 0.3) is 5.91 Å². The number of ether oxygens (including phenoxy) is 1. The van der Waals surface area contributed by atoms with Crippen LogP contribution in [0.3, 0.4) is 0 Å². The van der Waals surface area contributed by atoms with Crippen LogP contribution in [0.5, 0.6) is 5.75 Å². The minimum absolute atomic E-state index is 0.0969. The quantitative estimate of drug-likeness (QED) is 0.477. The van der Waals surface area contributed by atoms with Crippen LogP contribution < -0.4 is 14.6 Å². The summed E-state index contributed by atoms with van der Waals surface area (Å²) in [5, 5.41) is 16.7. The van der Waals surface area contributed by atoms with E-state index in [1.54, 1.807) is 19.2 Å². The predicted octanol–water partition coefficient (Wildman–Crippen LogP) is 4.20. The molecule has 2 aromatic carbocycles. The van der Waals surface area contributed by atoms with E-state index in [9.17, 15) is 18.9 Å². The van der Waals surface area contributed by atoms with Crippen LogP contribution >= 0.6 is 0 Å². The highest BCUT2D eigenvalue weighted by Crippen LogP contribution is 2.65. The minimum Gasteiger partial charge on any atom is -0.497 e. The molecule has 6 rings (SSSR count). The molecule has 1 aromatic heterocycles. The largest absolute Gasteiger partial charge is 0.497 e. The second-order valence-corrected chi connectivity index (χ2v) is 11.1. The number of carboxylic acid groups (broad SMARTS) is 1. The molecule has 36 heavy (non-hydrogen) atoms. The van der Waals surface area contributed by atoms with E-state index in [1.807, 2.05) is 18.2 Å². The average Bonchev–Trinajstić information content (AvgIpc) is 3.55. The molecule has 2 heterocycles. The average molecular weight is 508 g/mol. The van der Waals surface area contributed by atoms with Gasteiger partial charge < -0.3 is 14.4 Å². The van der Waals surface area contributed by atoms with Crippen molar-refractivity contribution in [3.05, 3.63) is 53.1 Å². The summed E-state index contributed by atoms with van der Waals surface area (Å²) in [6, 6.07) is 11.5. The van der Waals surface area contributed by atoms with Crippen LogP contribution in [0, 0.1) is 5.41 Å². The van der Waals surface area contributed by atoms with Gasteiger partial charge in [0, 0.05) is 34.5 Å². The highest BCUT2D eigenvalue weighted by molar-refractivity contribution is 7.81. The van der Waals surface area contributed by atoms with Gasteiger partial charge in [0.05, 0.1) is 18.2 Å². The monoisotopic (exact) mass is 507 g/mol. The number of fused-ring (bicyclic) bond motifs is 7. The molecule has 0 spiro atoms. The lowest BCUT2D eigenvalue weighted by molar-refractivity contribution is -0.144. The molecular formula is C27H29N3O5S. The van der Waals surface area contributed by atoms with Gasteiger partial charge >= 0.3 is 5.97 Å². The normalized spacial score (nSPS) is 23.7. The summed E-state index contributed by atoms with van der Waals surface area (Å²) < 4.78 is 21.3. The van der Waals surface area contributed by atoms with Crippen molar-refractivity contribution < 1.29 is 23.6 Å². The lowest BCUT2D eigenvalue weighted by Crippen LogP contribution is -2.30. The maximum Gasteiger partial charge on any atom is 0.312 e. The van der Waals surface area contributed by atoms with Gasteiger partial charge in [-0.1, -0.05) is 25.3 Å². The topological polar surface area (TPSA) is 124 Å². The van der Waals surface area contributed by atoms with Gasteiger partial charge in [-0.05, 0) is 66.6 Å². The van der Waals surface area contributed by atoms with E-state index in [1.165, 1.54) is 12.0 Å². The Kier molecular flexibility index (Phi) is 5.46. The van der Waals surface area contributed by atoms with Crippen LogP contribution in [0.4, 0.5) is 0 Å². The Balaban J connectivity index is 1.65. The van der Waals surface area contributed by atoms with Crippen molar-refractivity contribution in [3.63, 3.8) is 0 Å². The third-order valence-corrected chi connectivity index (χ3v) is 8.79. The molecule has 3 aromatic rings. The fourth-order valence-electron chi connectivity index (χ4n) is 6.57. The molecule has 3 atom stereocenters. The molecule has 1 amide bonds. The number of methoxy groups -OCH3 is 1. The van der Waals surface area contributed by atoms with Crippen molar-refractivity contribution in [1.82, 2.24) is 9.29 Å². The molecule has 0 radical (unpaired) electrons. The summed E-state index contributed by atoms with van der Waals surface area (Å²) in [7, 11) is 1.63. The van der Waals surface area contributed by atoms with E-state index in [4.69, 9.17) is 9.88 Å². The minimum atomic E-state index is -1.97. The summed E-state index contributed by atoms with van der Waals surface area (Å²) in [5.74, 6) is -0.345. The molecular weight excluding hydrogens is 478 g/mol. The molecule has 2 fully saturated rings. The van der Waals surface area contributed by atoms with E-state index < -0.39 is 28.5 Å². The molecule has 4 N–H and O–H groups in total. The van der Waals surface area contributed by atoms with Gasteiger partial charge in [0.15, 0.2) is 11.2 Å². The molecule has 2 aliphatic carbocycles. The van der Waals surface area contributed by atoms with Crippen LogP contribution in [0.15, 0.2) is 36.4 Å². The van der Waals surface area contributed by atoms with Gasteiger partial charge in [-0.15, -0.1) is 0 Å². The molecule has 3 aliphatic rings. The third kappa shape index (κ3) is 3.48. The van der Waals surface area contributed by atoms with Crippen molar-refractivity contribution in [1.29, 1.82) is 0 Å². The van der Waals surface area contributed by atoms with Crippen LogP contribution in [0.25, 0.3) is 22.2 Å². The molecule has 0 bridgehead atoms. The first-order chi connectivity index (χ1) is 17.3. The first-order valence-corrected chi connectivity index (χ1v) is 13.6. The van der Waals surface area contributed by atoms with Gasteiger partial charge in [-0.3, -0.25) is 14.3 Å². The van der Waals surface area contributed by atoms with Crippen molar-refractivity contribution in [2.75, 3.05) is 7.11 Å². The number of hydrogen-bond acceptors (Lipinski definition) is 4. The number of hydrogen-bond donors (Lipinski definition) is 3. The second kappa shape index (κ2) is 8.45. The number of nitrogens with two attached hydrogens (primary N) is 1. The smallest absolute Gasteiger partial charge is 0.312 e. The number of carbonyl (C=O) groups is 2. The number of amides is 1. The van der Waals surface area contributed by atoms with E-state index in [0.29, 0.717) is 24.4 Å². The Bertz CT molecular complexity index is 1440.